The second-order valence-corrected chi connectivity index (χ2v) is 8.55. The fourth-order valence-electron chi connectivity index (χ4n) is 3.37. The summed E-state index contributed by atoms with van der Waals surface area (Å²) in [5, 5.41) is 3.03. The minimum Gasteiger partial charge on any atom is -0.379 e. The summed E-state index contributed by atoms with van der Waals surface area (Å²) < 4.78 is 31.8. The van der Waals surface area contributed by atoms with Crippen molar-refractivity contribution in [2.45, 2.75) is 43.5 Å². The Morgan fingerprint density at radius 3 is 2.71 bits per heavy atom. The van der Waals surface area contributed by atoms with Crippen LogP contribution in [-0.4, -0.2) is 56.0 Å². The lowest BCUT2D eigenvalue weighted by Gasteiger charge is -2.29. The maximum Gasteiger partial charge on any atom is 0.267 e. The van der Waals surface area contributed by atoms with Gasteiger partial charge in [0, 0.05) is 25.3 Å². The molecule has 2 aliphatic rings. The van der Waals surface area contributed by atoms with Crippen molar-refractivity contribution in [3.05, 3.63) is 18.0 Å². The Balaban J connectivity index is 1.69. The summed E-state index contributed by atoms with van der Waals surface area (Å²) >= 11 is 0. The standard InChI is InChI=1S/C16H25N3O4S/c1-12-4-2-3-5-14(12)18-16(20)15-10-13(11-17-15)24(21,22)19-6-8-23-9-7-19/h10-12,14,17H,2-9H2,1H3,(H,18,20). The van der Waals surface area contributed by atoms with Gasteiger partial charge in [-0.15, -0.1) is 0 Å². The average Bonchev–Trinajstić information content (AvgIpc) is 3.09. The second-order valence-electron chi connectivity index (χ2n) is 6.61. The molecular formula is C16H25N3O4S. The number of sulfonamides is 1. The number of nitrogens with zero attached hydrogens (tertiary/aromatic N) is 1. The Morgan fingerprint density at radius 2 is 2.00 bits per heavy atom. The predicted octanol–water partition coefficient (Wildman–Crippen LogP) is 1.34. The fraction of sp³-hybridized carbons (Fsp3) is 0.688. The van der Waals surface area contributed by atoms with Crippen molar-refractivity contribution in [3.8, 4) is 0 Å². The van der Waals surface area contributed by atoms with E-state index in [1.165, 1.54) is 23.0 Å². The van der Waals surface area contributed by atoms with Crippen LogP contribution in [0.3, 0.4) is 0 Å². The van der Waals surface area contributed by atoms with Crippen molar-refractivity contribution < 1.29 is 17.9 Å². The molecule has 24 heavy (non-hydrogen) atoms. The van der Waals surface area contributed by atoms with E-state index in [1.54, 1.807) is 0 Å². The molecule has 2 atom stereocenters. The quantitative estimate of drug-likeness (QED) is 0.853. The van der Waals surface area contributed by atoms with Gasteiger partial charge in [-0.2, -0.15) is 4.31 Å². The number of morpholine rings is 1. The third kappa shape index (κ3) is 3.65. The lowest BCUT2D eigenvalue weighted by atomic mass is 9.86. The van der Waals surface area contributed by atoms with Gasteiger partial charge >= 0.3 is 0 Å². The van der Waals surface area contributed by atoms with Gasteiger partial charge in [-0.3, -0.25) is 4.79 Å². The van der Waals surface area contributed by atoms with E-state index in [1.807, 2.05) is 0 Å². The second kappa shape index (κ2) is 7.25. The first-order valence-electron chi connectivity index (χ1n) is 8.55. The number of aromatic amines is 1. The zero-order chi connectivity index (χ0) is 17.2. The van der Waals surface area contributed by atoms with Gasteiger partial charge in [0.25, 0.3) is 5.91 Å². The van der Waals surface area contributed by atoms with E-state index >= 15 is 0 Å². The van der Waals surface area contributed by atoms with Gasteiger partial charge in [-0.1, -0.05) is 19.8 Å². The Kier molecular flexibility index (Phi) is 5.27. The summed E-state index contributed by atoms with van der Waals surface area (Å²) in [6, 6.07) is 1.59. The summed E-state index contributed by atoms with van der Waals surface area (Å²) in [5.74, 6) is 0.214. The number of hydrogen-bond acceptors (Lipinski definition) is 4. The highest BCUT2D eigenvalue weighted by molar-refractivity contribution is 7.89. The molecule has 0 radical (unpaired) electrons. The van der Waals surface area contributed by atoms with Crippen molar-refractivity contribution in [1.82, 2.24) is 14.6 Å². The van der Waals surface area contributed by atoms with Crippen molar-refractivity contribution in [1.29, 1.82) is 0 Å². The maximum atomic E-state index is 12.6. The van der Waals surface area contributed by atoms with Gasteiger partial charge in [0.2, 0.25) is 10.0 Å². The molecule has 1 amide bonds. The van der Waals surface area contributed by atoms with Crippen LogP contribution < -0.4 is 5.32 Å². The normalized spacial score (nSPS) is 26.2. The molecule has 8 heteroatoms. The first-order chi connectivity index (χ1) is 11.5. The van der Waals surface area contributed by atoms with E-state index in [-0.39, 0.29) is 16.8 Å². The first-order valence-corrected chi connectivity index (χ1v) is 9.99. The van der Waals surface area contributed by atoms with Gasteiger partial charge in [0.15, 0.2) is 0 Å². The Hall–Kier alpha value is -1.38. The molecule has 1 aromatic rings. The molecule has 7 nitrogen and oxygen atoms in total. The van der Waals surface area contributed by atoms with E-state index in [0.29, 0.717) is 37.9 Å². The number of aromatic nitrogens is 1. The van der Waals surface area contributed by atoms with E-state index in [9.17, 15) is 13.2 Å². The van der Waals surface area contributed by atoms with Crippen molar-refractivity contribution in [3.63, 3.8) is 0 Å². The van der Waals surface area contributed by atoms with Gasteiger partial charge in [-0.25, -0.2) is 8.42 Å². The number of ether oxygens (including phenoxy) is 1. The molecule has 2 heterocycles. The van der Waals surface area contributed by atoms with Crippen LogP contribution in [0, 0.1) is 5.92 Å². The Bertz CT molecular complexity index is 679. The van der Waals surface area contributed by atoms with Crippen LogP contribution in [0.15, 0.2) is 17.2 Å². The first kappa shape index (κ1) is 17.4. The molecular weight excluding hydrogens is 330 g/mol. The minimum absolute atomic E-state index is 0.131. The lowest BCUT2D eigenvalue weighted by molar-refractivity contribution is 0.0730. The molecule has 0 aromatic carbocycles. The zero-order valence-electron chi connectivity index (χ0n) is 14.0. The highest BCUT2D eigenvalue weighted by atomic mass is 32.2. The molecule has 134 valence electrons. The van der Waals surface area contributed by atoms with Crippen LogP contribution in [-0.2, 0) is 14.8 Å². The van der Waals surface area contributed by atoms with E-state index in [2.05, 4.69) is 17.2 Å². The fourth-order valence-corrected chi connectivity index (χ4v) is 4.77. The van der Waals surface area contributed by atoms with Crippen molar-refractivity contribution in [2.75, 3.05) is 26.3 Å². The maximum absolute atomic E-state index is 12.6. The highest BCUT2D eigenvalue weighted by Crippen LogP contribution is 2.24. The summed E-state index contributed by atoms with van der Waals surface area (Å²) in [5.41, 5.74) is 0.291. The van der Waals surface area contributed by atoms with Crippen LogP contribution in [0.1, 0.15) is 43.1 Å². The number of carbonyl (C=O) groups is 1. The Labute approximate surface area is 142 Å². The van der Waals surface area contributed by atoms with Crippen molar-refractivity contribution >= 4 is 15.9 Å². The molecule has 3 rings (SSSR count). The molecule has 0 spiro atoms. The van der Waals surface area contributed by atoms with E-state index < -0.39 is 10.0 Å². The summed E-state index contributed by atoms with van der Waals surface area (Å²) in [6.07, 6.45) is 5.82. The molecule has 2 unspecified atom stereocenters. The highest BCUT2D eigenvalue weighted by Gasteiger charge is 2.29. The third-order valence-corrected chi connectivity index (χ3v) is 6.81. The molecule has 1 saturated carbocycles. The molecule has 1 saturated heterocycles. The number of hydrogen-bond donors (Lipinski definition) is 2. The smallest absolute Gasteiger partial charge is 0.267 e. The van der Waals surface area contributed by atoms with E-state index in [0.717, 1.165) is 19.3 Å². The van der Waals surface area contributed by atoms with Crippen molar-refractivity contribution in [2.24, 2.45) is 5.92 Å². The van der Waals surface area contributed by atoms with Crippen LogP contribution >= 0.6 is 0 Å². The average molecular weight is 355 g/mol. The van der Waals surface area contributed by atoms with E-state index in [4.69, 9.17) is 4.74 Å². The molecule has 0 bridgehead atoms. The van der Waals surface area contributed by atoms with Gasteiger partial charge in [0.05, 0.1) is 13.2 Å². The number of rotatable bonds is 4. The van der Waals surface area contributed by atoms with Crippen LogP contribution in [0.2, 0.25) is 0 Å². The zero-order valence-corrected chi connectivity index (χ0v) is 14.8. The topological polar surface area (TPSA) is 91.5 Å². The number of nitrogens with one attached hydrogen (secondary N) is 2. The third-order valence-electron chi connectivity index (χ3n) is 4.94. The Morgan fingerprint density at radius 1 is 1.29 bits per heavy atom. The minimum atomic E-state index is -3.58. The predicted molar refractivity (Wildman–Crippen MR) is 89.3 cm³/mol. The lowest BCUT2D eigenvalue weighted by Crippen LogP contribution is -2.41. The van der Waals surface area contributed by atoms with Gasteiger partial charge in [-0.05, 0) is 24.8 Å². The number of amides is 1. The molecule has 2 fully saturated rings. The summed E-state index contributed by atoms with van der Waals surface area (Å²) in [6.45, 7) is 3.63. The van der Waals surface area contributed by atoms with Gasteiger partial charge < -0.3 is 15.0 Å². The molecule has 1 aromatic heterocycles. The summed E-state index contributed by atoms with van der Waals surface area (Å²) in [4.78, 5) is 15.3. The molecule has 1 aliphatic carbocycles. The number of H-pyrrole nitrogens is 1. The summed E-state index contributed by atoms with van der Waals surface area (Å²) in [7, 11) is -3.58. The van der Waals surface area contributed by atoms with Crippen LogP contribution in [0.25, 0.3) is 0 Å². The SMILES string of the molecule is CC1CCCCC1NC(=O)c1cc(S(=O)(=O)N2CCOCC2)c[nH]1. The molecule has 1 aliphatic heterocycles. The van der Waals surface area contributed by atoms with Crippen LogP contribution in [0.5, 0.6) is 0 Å². The number of carbonyl (C=O) groups excluding carboxylic acids is 1. The molecule has 2 N–H and O–H groups in total. The monoisotopic (exact) mass is 355 g/mol. The van der Waals surface area contributed by atoms with Crippen LogP contribution in [0.4, 0.5) is 0 Å². The largest absolute Gasteiger partial charge is 0.379 e. The van der Waals surface area contributed by atoms with Gasteiger partial charge in [0.1, 0.15) is 10.6 Å².